The van der Waals surface area contributed by atoms with E-state index >= 15 is 0 Å². The predicted octanol–water partition coefficient (Wildman–Crippen LogP) is 5.68. The summed E-state index contributed by atoms with van der Waals surface area (Å²) < 4.78 is 43.7. The van der Waals surface area contributed by atoms with E-state index in [0.717, 1.165) is 29.7 Å². The van der Waals surface area contributed by atoms with Crippen LogP contribution in [-0.2, 0) is 10.9 Å². The normalized spacial score (nSPS) is 19.1. The minimum absolute atomic E-state index is 0.0110. The van der Waals surface area contributed by atoms with Gasteiger partial charge in [-0.15, -0.1) is 0 Å². The highest BCUT2D eigenvalue weighted by atomic mass is 19.4. The fourth-order valence-electron chi connectivity index (χ4n) is 2.62. The van der Waals surface area contributed by atoms with Gasteiger partial charge in [-0.1, -0.05) is 43.3 Å². The lowest BCUT2D eigenvalue weighted by molar-refractivity contribution is -0.137. The molecule has 0 bridgehead atoms. The Kier molecular flexibility index (Phi) is 3.69. The minimum Gasteiger partial charge on any atom is -0.485 e. The maximum Gasteiger partial charge on any atom is 0.416 e. The van der Waals surface area contributed by atoms with Crippen molar-refractivity contribution in [2.24, 2.45) is 0 Å². The Morgan fingerprint density at radius 3 is 2.36 bits per heavy atom. The highest BCUT2D eigenvalue weighted by Gasteiger charge is 2.30. The lowest BCUT2D eigenvalue weighted by atomic mass is 10.0. The summed E-state index contributed by atoms with van der Waals surface area (Å²) in [5.74, 6) is 0.710. The van der Waals surface area contributed by atoms with E-state index in [1.54, 1.807) is 6.08 Å². The van der Waals surface area contributed by atoms with Crippen molar-refractivity contribution in [1.82, 2.24) is 0 Å². The summed E-state index contributed by atoms with van der Waals surface area (Å²) in [6, 6.07) is 13.0. The van der Waals surface area contributed by atoms with Crippen LogP contribution in [0, 0.1) is 0 Å². The van der Waals surface area contributed by atoms with E-state index in [4.69, 9.17) is 4.74 Å². The molecule has 0 spiro atoms. The Bertz CT molecular complexity index is 699. The number of halogens is 3. The van der Waals surface area contributed by atoms with E-state index in [1.165, 1.54) is 12.1 Å². The van der Waals surface area contributed by atoms with Gasteiger partial charge in [0.1, 0.15) is 11.9 Å². The van der Waals surface area contributed by atoms with E-state index in [9.17, 15) is 13.2 Å². The van der Waals surface area contributed by atoms with Crippen molar-refractivity contribution in [2.45, 2.75) is 25.6 Å². The van der Waals surface area contributed by atoms with Gasteiger partial charge in [-0.25, -0.2) is 0 Å². The first-order valence-corrected chi connectivity index (χ1v) is 7.14. The number of rotatable bonds is 2. The Hall–Kier alpha value is -2.23. The van der Waals surface area contributed by atoms with Crippen molar-refractivity contribution in [3.05, 3.63) is 70.8 Å². The summed E-state index contributed by atoms with van der Waals surface area (Å²) in [5.41, 5.74) is 2.18. The largest absolute Gasteiger partial charge is 0.485 e. The molecule has 4 heteroatoms. The molecular weight excluding hydrogens is 289 g/mol. The Morgan fingerprint density at radius 1 is 1.05 bits per heavy atom. The lowest BCUT2D eigenvalue weighted by Gasteiger charge is -2.09. The van der Waals surface area contributed by atoms with Gasteiger partial charge in [0.15, 0.2) is 0 Å². The topological polar surface area (TPSA) is 9.23 Å². The summed E-state index contributed by atoms with van der Waals surface area (Å²) in [6.45, 7) is 2.04. The van der Waals surface area contributed by atoms with Gasteiger partial charge in [0.05, 0.1) is 5.56 Å². The molecule has 0 saturated carbocycles. The zero-order chi connectivity index (χ0) is 15.7. The van der Waals surface area contributed by atoms with Crippen LogP contribution in [0.1, 0.15) is 41.7 Å². The van der Waals surface area contributed by atoms with Gasteiger partial charge >= 0.3 is 6.18 Å². The van der Waals surface area contributed by atoms with Crippen LogP contribution in [0.25, 0.3) is 11.8 Å². The second-order valence-electron chi connectivity index (χ2n) is 5.23. The van der Waals surface area contributed by atoms with E-state index in [0.29, 0.717) is 11.3 Å². The van der Waals surface area contributed by atoms with Gasteiger partial charge in [-0.2, -0.15) is 13.2 Å². The molecule has 0 fully saturated rings. The first kappa shape index (κ1) is 14.7. The molecule has 3 rings (SSSR count). The molecule has 0 radical (unpaired) electrons. The van der Waals surface area contributed by atoms with Gasteiger partial charge in [-0.3, -0.25) is 0 Å². The molecular formula is C18H15F3O. The van der Waals surface area contributed by atoms with Crippen LogP contribution in [0.2, 0.25) is 0 Å². The predicted molar refractivity (Wildman–Crippen MR) is 79.9 cm³/mol. The second kappa shape index (κ2) is 5.52. The molecule has 0 saturated heterocycles. The third-order valence-electron chi connectivity index (χ3n) is 3.75. The number of ether oxygens (including phenoxy) is 1. The zero-order valence-electron chi connectivity index (χ0n) is 12.0. The van der Waals surface area contributed by atoms with Crippen LogP contribution in [0.15, 0.2) is 48.5 Å². The van der Waals surface area contributed by atoms with Gasteiger partial charge in [0.2, 0.25) is 0 Å². The standard InChI is InChI=1S/C18H15F3O/c1-2-16-14-5-3-4-6-15(14)17(22-16)11-12-7-9-13(10-8-12)18(19,20)21/h3-11,16H,2H2,1H3/b17-11+/t16-/m0/s1. The molecule has 0 N–H and O–H groups in total. The number of benzene rings is 2. The summed E-state index contributed by atoms with van der Waals surface area (Å²) >= 11 is 0. The highest BCUT2D eigenvalue weighted by molar-refractivity contribution is 5.81. The summed E-state index contributed by atoms with van der Waals surface area (Å²) in [5, 5.41) is 0. The van der Waals surface area contributed by atoms with Gasteiger partial charge in [0.25, 0.3) is 0 Å². The van der Waals surface area contributed by atoms with Gasteiger partial charge in [0, 0.05) is 11.1 Å². The maximum atomic E-state index is 12.6. The molecule has 1 atom stereocenters. The van der Waals surface area contributed by atoms with Crippen LogP contribution >= 0.6 is 0 Å². The van der Waals surface area contributed by atoms with Crippen molar-refractivity contribution in [1.29, 1.82) is 0 Å². The molecule has 0 unspecified atom stereocenters. The summed E-state index contributed by atoms with van der Waals surface area (Å²) in [7, 11) is 0. The highest BCUT2D eigenvalue weighted by Crippen LogP contribution is 2.40. The molecule has 2 aromatic rings. The third-order valence-corrected chi connectivity index (χ3v) is 3.75. The van der Waals surface area contributed by atoms with Gasteiger partial charge < -0.3 is 4.74 Å². The minimum atomic E-state index is -4.31. The third kappa shape index (κ3) is 2.73. The number of hydrogen-bond donors (Lipinski definition) is 0. The molecule has 0 aromatic heterocycles. The number of hydrogen-bond acceptors (Lipinski definition) is 1. The monoisotopic (exact) mass is 304 g/mol. The van der Waals surface area contributed by atoms with E-state index in [2.05, 4.69) is 0 Å². The van der Waals surface area contributed by atoms with Gasteiger partial charge in [-0.05, 0) is 30.2 Å². The molecule has 1 aliphatic rings. The van der Waals surface area contributed by atoms with Crippen molar-refractivity contribution in [3.8, 4) is 0 Å². The quantitative estimate of drug-likeness (QED) is 0.693. The first-order valence-electron chi connectivity index (χ1n) is 7.14. The molecule has 22 heavy (non-hydrogen) atoms. The van der Waals surface area contributed by atoms with Crippen LogP contribution < -0.4 is 0 Å². The van der Waals surface area contributed by atoms with Crippen molar-refractivity contribution in [2.75, 3.05) is 0 Å². The molecule has 1 nitrogen and oxygen atoms in total. The molecule has 0 aliphatic carbocycles. The summed E-state index contributed by atoms with van der Waals surface area (Å²) in [4.78, 5) is 0. The Labute approximate surface area is 127 Å². The number of fused-ring (bicyclic) bond motifs is 1. The lowest BCUT2D eigenvalue weighted by Crippen LogP contribution is -2.04. The average Bonchev–Trinajstić information content (AvgIpc) is 2.85. The molecule has 0 amide bonds. The molecule has 114 valence electrons. The SMILES string of the molecule is CC[C@@H]1O/C(=C/c2ccc(C(F)(F)F)cc2)c2ccccc21. The molecule has 1 heterocycles. The van der Waals surface area contributed by atoms with E-state index in [-0.39, 0.29) is 6.10 Å². The summed E-state index contributed by atoms with van der Waals surface area (Å²) in [6.07, 6.45) is -1.66. The first-order chi connectivity index (χ1) is 10.5. The second-order valence-corrected chi connectivity index (χ2v) is 5.23. The molecule has 1 aliphatic heterocycles. The van der Waals surface area contributed by atoms with Crippen LogP contribution in [0.3, 0.4) is 0 Å². The fraction of sp³-hybridized carbons (Fsp3) is 0.222. The number of alkyl halides is 3. The maximum absolute atomic E-state index is 12.6. The van der Waals surface area contributed by atoms with Crippen LogP contribution in [-0.4, -0.2) is 0 Å². The molecule has 2 aromatic carbocycles. The Balaban J connectivity index is 1.93. The zero-order valence-corrected chi connectivity index (χ0v) is 12.0. The van der Waals surface area contributed by atoms with Crippen LogP contribution in [0.5, 0.6) is 0 Å². The van der Waals surface area contributed by atoms with Crippen molar-refractivity contribution < 1.29 is 17.9 Å². The van der Waals surface area contributed by atoms with E-state index < -0.39 is 11.7 Å². The van der Waals surface area contributed by atoms with Crippen LogP contribution in [0.4, 0.5) is 13.2 Å². The smallest absolute Gasteiger partial charge is 0.416 e. The Morgan fingerprint density at radius 2 is 1.73 bits per heavy atom. The van der Waals surface area contributed by atoms with Crippen molar-refractivity contribution in [3.63, 3.8) is 0 Å². The fourth-order valence-corrected chi connectivity index (χ4v) is 2.62. The average molecular weight is 304 g/mol. The van der Waals surface area contributed by atoms with E-state index in [1.807, 2.05) is 31.2 Å². The van der Waals surface area contributed by atoms with Crippen molar-refractivity contribution >= 4 is 11.8 Å².